The van der Waals surface area contributed by atoms with E-state index in [1.165, 1.54) is 16.9 Å². The fourth-order valence-electron chi connectivity index (χ4n) is 4.27. The van der Waals surface area contributed by atoms with Crippen molar-refractivity contribution >= 4 is 23.1 Å². The molecule has 2 aromatic carbocycles. The Morgan fingerprint density at radius 3 is 2.44 bits per heavy atom. The average molecular weight is 352 g/mol. The number of rotatable bonds is 1. The van der Waals surface area contributed by atoms with Crippen LogP contribution in [0, 0.1) is 5.41 Å². The minimum Gasteiger partial charge on any atom is -0.347 e. The molecule has 2 nitrogen and oxygen atoms in total. The fourth-order valence-corrected chi connectivity index (χ4v) is 4.39. The van der Waals surface area contributed by atoms with Crippen LogP contribution in [0.5, 0.6) is 0 Å². The van der Waals surface area contributed by atoms with E-state index in [-0.39, 0.29) is 17.1 Å². The molecular weight excluding hydrogens is 330 g/mol. The van der Waals surface area contributed by atoms with Crippen LogP contribution in [0.3, 0.4) is 0 Å². The van der Waals surface area contributed by atoms with E-state index in [0.717, 1.165) is 22.6 Å². The van der Waals surface area contributed by atoms with Gasteiger partial charge in [0.15, 0.2) is 5.78 Å². The Bertz CT molecular complexity index is 879. The van der Waals surface area contributed by atoms with E-state index in [0.29, 0.717) is 6.42 Å². The summed E-state index contributed by atoms with van der Waals surface area (Å²) in [5, 5.41) is 0.718. The highest BCUT2D eigenvalue weighted by atomic mass is 35.5. The third-order valence-electron chi connectivity index (χ3n) is 5.40. The van der Waals surface area contributed by atoms with Crippen molar-refractivity contribution in [2.45, 2.75) is 32.6 Å². The maximum Gasteiger partial charge on any atom is 0.162 e. The van der Waals surface area contributed by atoms with Crippen LogP contribution >= 0.6 is 11.6 Å². The summed E-state index contributed by atoms with van der Waals surface area (Å²) in [6.45, 7) is 4.36. The molecule has 128 valence electrons. The predicted octanol–water partition coefficient (Wildman–Crippen LogP) is 5.56. The molecule has 1 aliphatic carbocycles. The largest absolute Gasteiger partial charge is 0.347 e. The summed E-state index contributed by atoms with van der Waals surface area (Å²) >= 11 is 6.09. The molecule has 0 N–H and O–H groups in total. The van der Waals surface area contributed by atoms with Crippen molar-refractivity contribution in [1.29, 1.82) is 0 Å². The minimum atomic E-state index is -0.0109. The molecule has 25 heavy (non-hydrogen) atoms. The van der Waals surface area contributed by atoms with E-state index in [1.807, 2.05) is 24.3 Å². The third kappa shape index (κ3) is 2.69. The zero-order chi connectivity index (χ0) is 17.8. The number of ketones is 1. The van der Waals surface area contributed by atoms with Gasteiger partial charge in [0.1, 0.15) is 0 Å². The molecule has 1 heterocycles. The first kappa shape index (κ1) is 16.4. The number of Topliss-reactive ketones (excluding diaryl/α,β-unsaturated/α-hetero) is 1. The molecule has 0 fully saturated rings. The molecule has 0 aromatic heterocycles. The Morgan fingerprint density at radius 1 is 1.04 bits per heavy atom. The van der Waals surface area contributed by atoms with Gasteiger partial charge in [-0.25, -0.2) is 0 Å². The third-order valence-corrected chi connectivity index (χ3v) is 5.65. The molecule has 2 aromatic rings. The van der Waals surface area contributed by atoms with Crippen LogP contribution in [0.25, 0.3) is 0 Å². The van der Waals surface area contributed by atoms with E-state index >= 15 is 0 Å². The van der Waals surface area contributed by atoms with Gasteiger partial charge in [-0.15, -0.1) is 0 Å². The van der Waals surface area contributed by atoms with Crippen molar-refractivity contribution in [2.24, 2.45) is 5.41 Å². The van der Waals surface area contributed by atoms with E-state index in [4.69, 9.17) is 11.6 Å². The van der Waals surface area contributed by atoms with Crippen LogP contribution in [0.15, 0.2) is 59.8 Å². The van der Waals surface area contributed by atoms with Crippen molar-refractivity contribution in [2.75, 3.05) is 11.9 Å². The van der Waals surface area contributed by atoms with Crippen LogP contribution in [0.2, 0.25) is 5.02 Å². The lowest BCUT2D eigenvalue weighted by atomic mass is 9.68. The molecular formula is C22H22ClNO. The number of anilines is 1. The Hall–Kier alpha value is -2.06. The highest BCUT2D eigenvalue weighted by Crippen LogP contribution is 2.50. The molecule has 0 bridgehead atoms. The summed E-state index contributed by atoms with van der Waals surface area (Å²) in [5.41, 5.74) is 5.64. The first-order valence-electron chi connectivity index (χ1n) is 8.72. The second-order valence-corrected chi connectivity index (χ2v) is 8.34. The second kappa shape index (κ2) is 5.74. The van der Waals surface area contributed by atoms with Gasteiger partial charge in [-0.2, -0.15) is 0 Å². The summed E-state index contributed by atoms with van der Waals surface area (Å²) in [6.07, 6.45) is 1.52. The van der Waals surface area contributed by atoms with Gasteiger partial charge >= 0.3 is 0 Å². The highest BCUT2D eigenvalue weighted by Gasteiger charge is 2.42. The quantitative estimate of drug-likeness (QED) is 0.669. The molecule has 0 spiro atoms. The molecule has 4 rings (SSSR count). The molecule has 3 heteroatoms. The SMILES string of the molecule is CN1C2=C(C(=O)CC(C)(C)C2)C(c2ccc(Cl)cc2)c2ccccc21. The average Bonchev–Trinajstić information content (AvgIpc) is 2.57. The summed E-state index contributed by atoms with van der Waals surface area (Å²) in [6, 6.07) is 16.3. The van der Waals surface area contributed by atoms with E-state index in [1.54, 1.807) is 0 Å². The number of carbonyl (C=O) groups excluding carboxylic acids is 1. The van der Waals surface area contributed by atoms with Crippen LogP contribution in [0.4, 0.5) is 5.69 Å². The van der Waals surface area contributed by atoms with Gasteiger partial charge in [0.05, 0.1) is 0 Å². The number of benzene rings is 2. The van der Waals surface area contributed by atoms with E-state index in [9.17, 15) is 4.79 Å². The molecule has 1 atom stereocenters. The summed E-state index contributed by atoms with van der Waals surface area (Å²) < 4.78 is 0. The molecule has 1 aliphatic heterocycles. The second-order valence-electron chi connectivity index (χ2n) is 7.90. The number of hydrogen-bond donors (Lipinski definition) is 0. The Morgan fingerprint density at radius 2 is 1.72 bits per heavy atom. The Balaban J connectivity index is 1.96. The number of carbonyl (C=O) groups is 1. The lowest BCUT2D eigenvalue weighted by Crippen LogP contribution is -2.38. The normalized spacial score (nSPS) is 21.8. The number of fused-ring (bicyclic) bond motifs is 1. The van der Waals surface area contributed by atoms with Crippen molar-refractivity contribution in [3.8, 4) is 0 Å². The van der Waals surface area contributed by atoms with E-state index < -0.39 is 0 Å². The first-order chi connectivity index (χ1) is 11.9. The summed E-state index contributed by atoms with van der Waals surface area (Å²) in [5.74, 6) is 0.260. The van der Waals surface area contributed by atoms with Crippen molar-refractivity contribution < 1.29 is 4.79 Å². The number of allylic oxidation sites excluding steroid dienone is 2. The lowest BCUT2D eigenvalue weighted by Gasteiger charge is -2.43. The first-order valence-corrected chi connectivity index (χ1v) is 9.09. The maximum atomic E-state index is 13.1. The molecule has 0 saturated carbocycles. The van der Waals surface area contributed by atoms with Crippen LogP contribution < -0.4 is 4.90 Å². The van der Waals surface area contributed by atoms with Gasteiger partial charge in [-0.3, -0.25) is 4.79 Å². The summed E-state index contributed by atoms with van der Waals surface area (Å²) in [7, 11) is 2.08. The summed E-state index contributed by atoms with van der Waals surface area (Å²) in [4.78, 5) is 15.4. The van der Waals surface area contributed by atoms with Gasteiger partial charge in [0.25, 0.3) is 0 Å². The lowest BCUT2D eigenvalue weighted by molar-refractivity contribution is -0.118. The molecule has 0 amide bonds. The number of para-hydroxylation sites is 1. The van der Waals surface area contributed by atoms with Gasteiger partial charge < -0.3 is 4.90 Å². The van der Waals surface area contributed by atoms with Gasteiger partial charge in [-0.05, 0) is 41.2 Å². The predicted molar refractivity (Wildman–Crippen MR) is 103 cm³/mol. The zero-order valence-corrected chi connectivity index (χ0v) is 15.6. The Kier molecular flexibility index (Phi) is 3.77. The van der Waals surface area contributed by atoms with Crippen LogP contribution in [-0.4, -0.2) is 12.8 Å². The molecule has 0 saturated heterocycles. The van der Waals surface area contributed by atoms with Gasteiger partial charge in [0, 0.05) is 41.4 Å². The number of hydrogen-bond acceptors (Lipinski definition) is 2. The smallest absolute Gasteiger partial charge is 0.162 e. The van der Waals surface area contributed by atoms with Crippen molar-refractivity contribution in [1.82, 2.24) is 0 Å². The number of nitrogens with zero attached hydrogens (tertiary/aromatic N) is 1. The molecule has 0 radical (unpaired) electrons. The van der Waals surface area contributed by atoms with Crippen molar-refractivity contribution in [3.63, 3.8) is 0 Å². The minimum absolute atomic E-state index is 0.000998. The maximum absolute atomic E-state index is 13.1. The monoisotopic (exact) mass is 351 g/mol. The van der Waals surface area contributed by atoms with E-state index in [2.05, 4.69) is 50.1 Å². The topological polar surface area (TPSA) is 20.3 Å². The Labute approximate surface area is 154 Å². The van der Waals surface area contributed by atoms with Crippen LogP contribution in [-0.2, 0) is 4.79 Å². The number of halogens is 1. The van der Waals surface area contributed by atoms with Crippen LogP contribution in [0.1, 0.15) is 43.7 Å². The van der Waals surface area contributed by atoms with Crippen molar-refractivity contribution in [3.05, 3.63) is 76.0 Å². The standard InChI is InChI=1S/C22H22ClNO/c1-22(2)12-18-21(19(25)13-22)20(14-8-10-15(23)11-9-14)16-6-4-5-7-17(16)24(18)3/h4-11,20H,12-13H2,1-3H3. The molecule has 2 aliphatic rings. The fraction of sp³-hybridized carbons (Fsp3) is 0.318. The molecule has 1 unspecified atom stereocenters. The van der Waals surface area contributed by atoms with Gasteiger partial charge in [-0.1, -0.05) is 55.8 Å². The zero-order valence-electron chi connectivity index (χ0n) is 14.8. The van der Waals surface area contributed by atoms with Gasteiger partial charge in [0.2, 0.25) is 0 Å². The highest BCUT2D eigenvalue weighted by molar-refractivity contribution is 6.30.